The van der Waals surface area contributed by atoms with E-state index in [1.54, 1.807) is 10.4 Å². The van der Waals surface area contributed by atoms with E-state index < -0.39 is 22.7 Å². The highest BCUT2D eigenvalue weighted by molar-refractivity contribution is 8.26. The maximum Gasteiger partial charge on any atom is 0.416 e. The second-order valence-corrected chi connectivity index (χ2v) is 8.36. The van der Waals surface area contributed by atoms with E-state index in [4.69, 9.17) is 0 Å². The summed E-state index contributed by atoms with van der Waals surface area (Å²) in [6.45, 7) is 1.26. The smallest absolute Gasteiger partial charge is 0.371 e. The van der Waals surface area contributed by atoms with Crippen molar-refractivity contribution in [3.63, 3.8) is 0 Å². The molecule has 5 nitrogen and oxygen atoms in total. The van der Waals surface area contributed by atoms with E-state index >= 15 is 0 Å². The van der Waals surface area contributed by atoms with Gasteiger partial charge >= 0.3 is 6.18 Å². The van der Waals surface area contributed by atoms with Crippen LogP contribution < -0.4 is 13.9 Å². The number of hydrogen-bond acceptors (Lipinski definition) is 5. The average molecular weight is 399 g/mol. The third-order valence-electron chi connectivity index (χ3n) is 5.02. The zero-order chi connectivity index (χ0) is 19.2. The number of halogens is 3. The van der Waals surface area contributed by atoms with Crippen LogP contribution in [0.2, 0.25) is 0 Å². The summed E-state index contributed by atoms with van der Waals surface area (Å²) in [5.74, 6) is 0. The molecule has 0 amide bonds. The van der Waals surface area contributed by atoms with E-state index in [-0.39, 0.29) is 6.04 Å². The minimum Gasteiger partial charge on any atom is -0.371 e. The van der Waals surface area contributed by atoms with Gasteiger partial charge in [0.2, 0.25) is 0 Å². The number of fused-ring (bicyclic) bond motifs is 1. The summed E-state index contributed by atoms with van der Waals surface area (Å²) in [4.78, 5) is 2.03. The van der Waals surface area contributed by atoms with Crippen LogP contribution in [-0.4, -0.2) is 28.2 Å². The van der Waals surface area contributed by atoms with Gasteiger partial charge in [-0.2, -0.15) is 13.2 Å². The number of hydrogen-bond donors (Lipinski definition) is 3. The van der Waals surface area contributed by atoms with Gasteiger partial charge in [-0.1, -0.05) is 12.1 Å². The molecule has 3 N–H and O–H groups in total. The van der Waals surface area contributed by atoms with E-state index in [0.29, 0.717) is 31.6 Å². The highest BCUT2D eigenvalue weighted by atomic mass is 32.3. The molecule has 0 radical (unpaired) electrons. The summed E-state index contributed by atoms with van der Waals surface area (Å²) in [6, 6.07) is 12.5. The average Bonchev–Trinajstić information content (AvgIpc) is 2.91. The molecule has 27 heavy (non-hydrogen) atoms. The Kier molecular flexibility index (Phi) is 4.40. The van der Waals surface area contributed by atoms with Gasteiger partial charge in [0.15, 0.2) is 0 Å². The molecule has 1 saturated heterocycles. The Labute approximate surface area is 157 Å². The molecule has 4 rings (SSSR count). The molecule has 2 aliphatic rings. The van der Waals surface area contributed by atoms with Crippen LogP contribution >= 0.6 is 11.0 Å². The molecule has 0 aliphatic carbocycles. The third-order valence-corrected chi connectivity index (χ3v) is 6.56. The van der Waals surface area contributed by atoms with Crippen molar-refractivity contribution in [2.75, 3.05) is 27.0 Å². The lowest BCUT2D eigenvalue weighted by molar-refractivity contribution is -0.137. The zero-order valence-corrected chi connectivity index (χ0v) is 15.2. The van der Waals surface area contributed by atoms with Crippen LogP contribution in [0.25, 0.3) is 0 Å². The molecule has 2 aliphatic heterocycles. The first-order valence-electron chi connectivity index (χ1n) is 8.62. The van der Waals surface area contributed by atoms with Gasteiger partial charge in [0.25, 0.3) is 0 Å². The number of alkyl halides is 3. The van der Waals surface area contributed by atoms with Crippen molar-refractivity contribution in [1.29, 1.82) is 0 Å². The molecule has 0 spiro atoms. The molecule has 0 unspecified atom stereocenters. The molecule has 2 aromatic carbocycles. The first-order valence-corrected chi connectivity index (χ1v) is 10.1. The number of nitrogens with zero attached hydrogens (tertiary/aromatic N) is 2. The van der Waals surface area contributed by atoms with Gasteiger partial charge in [-0.3, -0.25) is 13.8 Å². The number of anilines is 3. The minimum atomic E-state index is -4.34. The maximum absolute atomic E-state index is 12.7. The van der Waals surface area contributed by atoms with Crippen LogP contribution in [-0.2, 0) is 6.18 Å². The van der Waals surface area contributed by atoms with Gasteiger partial charge < -0.3 is 4.90 Å². The van der Waals surface area contributed by atoms with Crippen molar-refractivity contribution >= 4 is 28.0 Å². The van der Waals surface area contributed by atoms with E-state index in [9.17, 15) is 22.3 Å². The Morgan fingerprint density at radius 3 is 2.22 bits per heavy atom. The molecule has 9 heteroatoms. The third kappa shape index (κ3) is 3.42. The molecular formula is C18H20F3N3O2S. The minimum absolute atomic E-state index is 0.0585. The summed E-state index contributed by atoms with van der Waals surface area (Å²) in [6.07, 6.45) is -2.99. The molecule has 0 bridgehead atoms. The molecule has 2 heterocycles. The molecule has 1 fully saturated rings. The Morgan fingerprint density at radius 2 is 1.59 bits per heavy atom. The van der Waals surface area contributed by atoms with E-state index in [2.05, 4.69) is 4.72 Å². The lowest BCUT2D eigenvalue weighted by Gasteiger charge is -2.45. The highest BCUT2D eigenvalue weighted by Gasteiger charge is 2.39. The monoisotopic (exact) mass is 399 g/mol. The molecule has 2 aromatic rings. The van der Waals surface area contributed by atoms with Gasteiger partial charge in [0, 0.05) is 18.8 Å². The summed E-state index contributed by atoms with van der Waals surface area (Å²) >= 11 is 0. The van der Waals surface area contributed by atoms with Crippen LogP contribution in [0.3, 0.4) is 0 Å². The number of para-hydroxylation sites is 2. The number of nitrogens with one attached hydrogen (secondary N) is 1. The lowest BCUT2D eigenvalue weighted by Crippen LogP contribution is -2.45. The van der Waals surface area contributed by atoms with Crippen molar-refractivity contribution in [2.24, 2.45) is 0 Å². The second-order valence-electron chi connectivity index (χ2n) is 6.73. The molecule has 0 atom stereocenters. The quantitative estimate of drug-likeness (QED) is 0.649. The highest BCUT2D eigenvalue weighted by Crippen LogP contribution is 2.57. The van der Waals surface area contributed by atoms with Crippen molar-refractivity contribution in [1.82, 2.24) is 0 Å². The summed E-state index contributed by atoms with van der Waals surface area (Å²) in [7, 11) is -3.11. The van der Waals surface area contributed by atoms with Crippen molar-refractivity contribution in [3.05, 3.63) is 54.1 Å². The van der Waals surface area contributed by atoms with Gasteiger partial charge in [0.05, 0.1) is 23.0 Å². The number of piperidine rings is 1. The topological polar surface area (TPSA) is 59.0 Å². The van der Waals surface area contributed by atoms with Crippen molar-refractivity contribution in [3.8, 4) is 0 Å². The maximum atomic E-state index is 12.7. The Balaban J connectivity index is 1.46. The first kappa shape index (κ1) is 18.3. The van der Waals surface area contributed by atoms with E-state index in [1.165, 1.54) is 12.1 Å². The lowest BCUT2D eigenvalue weighted by atomic mass is 10.0. The SMILES string of the molecule is OS1(O)Nc2ccccc2N1C1CCN(c2ccc(C(F)(F)F)cc2)CC1. The van der Waals surface area contributed by atoms with Crippen LogP contribution in [0, 0.1) is 0 Å². The Morgan fingerprint density at radius 1 is 0.963 bits per heavy atom. The van der Waals surface area contributed by atoms with Gasteiger partial charge in [0.1, 0.15) is 0 Å². The summed E-state index contributed by atoms with van der Waals surface area (Å²) < 4.78 is 63.5. The summed E-state index contributed by atoms with van der Waals surface area (Å²) in [5.41, 5.74) is 1.55. The van der Waals surface area contributed by atoms with Crippen molar-refractivity contribution in [2.45, 2.75) is 25.1 Å². The Hall–Kier alpha value is -2.10. The predicted molar refractivity (Wildman–Crippen MR) is 102 cm³/mol. The number of benzene rings is 2. The van der Waals surface area contributed by atoms with Gasteiger partial charge in [-0.05, 0) is 60.2 Å². The fourth-order valence-electron chi connectivity index (χ4n) is 3.71. The van der Waals surface area contributed by atoms with Crippen molar-refractivity contribution < 1.29 is 22.3 Å². The van der Waals surface area contributed by atoms with Gasteiger partial charge in [-0.15, -0.1) is 0 Å². The van der Waals surface area contributed by atoms with E-state index in [1.807, 2.05) is 23.1 Å². The first-order chi connectivity index (χ1) is 12.8. The van der Waals surface area contributed by atoms with E-state index in [0.717, 1.165) is 23.5 Å². The predicted octanol–water partition coefficient (Wildman–Crippen LogP) is 5.19. The molecule has 0 saturated carbocycles. The second kappa shape index (κ2) is 6.50. The van der Waals surface area contributed by atoms with Crippen LogP contribution in [0.5, 0.6) is 0 Å². The normalized spacial score (nSPS) is 20.9. The zero-order valence-electron chi connectivity index (χ0n) is 14.4. The summed E-state index contributed by atoms with van der Waals surface area (Å²) in [5, 5.41) is 0. The fourth-order valence-corrected chi connectivity index (χ4v) is 5.34. The van der Waals surface area contributed by atoms with Crippen LogP contribution in [0.15, 0.2) is 48.5 Å². The molecular weight excluding hydrogens is 379 g/mol. The molecule has 0 aromatic heterocycles. The number of rotatable bonds is 2. The largest absolute Gasteiger partial charge is 0.416 e. The Bertz CT molecular complexity index is 821. The molecule has 146 valence electrons. The fraction of sp³-hybridized carbons (Fsp3) is 0.333. The standard InChI is InChI=1S/C18H20F3N3O2S/c19-18(20,21)13-5-7-14(8-6-13)23-11-9-15(10-12-23)24-17-4-2-1-3-16(17)22-27(24,25)26/h1-8,15,22,25-26H,9-12H2. The van der Waals surface area contributed by atoms with Crippen LogP contribution in [0.1, 0.15) is 18.4 Å². The van der Waals surface area contributed by atoms with Gasteiger partial charge in [-0.25, -0.2) is 4.31 Å². The van der Waals surface area contributed by atoms with Crippen LogP contribution in [0.4, 0.5) is 30.2 Å².